The second kappa shape index (κ2) is 3.72. The predicted molar refractivity (Wildman–Crippen MR) is 50.2 cm³/mol. The summed E-state index contributed by atoms with van der Waals surface area (Å²) < 4.78 is 0. The fraction of sp³-hybridized carbons (Fsp3) is 0.200. The van der Waals surface area contributed by atoms with Crippen LogP contribution >= 0.6 is 0 Å². The maximum Gasteiger partial charge on any atom is 0.326 e. The van der Waals surface area contributed by atoms with Crippen LogP contribution in [0.15, 0.2) is 18.2 Å². The number of anilines is 1. The molecule has 0 bridgehead atoms. The number of benzene rings is 1. The number of carbonyl (C=O) groups excluding carboxylic acids is 1. The first kappa shape index (κ1) is 9.27. The van der Waals surface area contributed by atoms with Gasteiger partial charge in [-0.3, -0.25) is 4.79 Å². The van der Waals surface area contributed by atoms with Crippen LogP contribution in [0.4, 0.5) is 5.69 Å². The fourth-order valence-corrected chi connectivity index (χ4v) is 1.02. The topological polar surface area (TPSA) is 52.9 Å². The maximum absolute atomic E-state index is 10.8. The van der Waals surface area contributed by atoms with Crippen molar-refractivity contribution in [1.82, 2.24) is 0 Å². The largest absolute Gasteiger partial charge is 0.326 e. The van der Waals surface area contributed by atoms with E-state index in [2.05, 4.69) is 5.32 Å². The second-order valence-corrected chi connectivity index (χ2v) is 2.88. The predicted octanol–water partition coefficient (Wildman–Crippen LogP) is 1.77. The monoisotopic (exact) mass is 174 g/mol. The third kappa shape index (κ3) is 2.31. The standard InChI is InChI=1S/C10H10N2O/c1-7-3-4-8(2)9(5-7)12-10(13)6-11/h3-5H,1-2H3,(H,12,13). The van der Waals surface area contributed by atoms with E-state index < -0.39 is 5.91 Å². The highest BCUT2D eigenvalue weighted by atomic mass is 16.1. The first-order valence-electron chi connectivity index (χ1n) is 3.92. The minimum Gasteiger partial charge on any atom is -0.313 e. The van der Waals surface area contributed by atoms with Crippen molar-refractivity contribution in [2.45, 2.75) is 13.8 Å². The zero-order chi connectivity index (χ0) is 9.84. The summed E-state index contributed by atoms with van der Waals surface area (Å²) in [5.41, 5.74) is 2.71. The lowest BCUT2D eigenvalue weighted by Gasteiger charge is -2.05. The van der Waals surface area contributed by atoms with E-state index in [1.165, 1.54) is 6.07 Å². The van der Waals surface area contributed by atoms with Crippen LogP contribution in [-0.2, 0) is 4.79 Å². The van der Waals surface area contributed by atoms with Crippen LogP contribution in [0.2, 0.25) is 0 Å². The normalized spacial score (nSPS) is 9.00. The number of rotatable bonds is 1. The molecule has 3 nitrogen and oxygen atoms in total. The fourth-order valence-electron chi connectivity index (χ4n) is 1.02. The molecule has 0 aliphatic heterocycles. The molecule has 0 radical (unpaired) electrons. The van der Waals surface area contributed by atoms with Crippen molar-refractivity contribution in [3.8, 4) is 6.07 Å². The Balaban J connectivity index is 2.95. The smallest absolute Gasteiger partial charge is 0.313 e. The molecular formula is C10H10N2O. The summed E-state index contributed by atoms with van der Waals surface area (Å²) in [6, 6.07) is 7.21. The number of carbonyl (C=O) groups is 1. The van der Waals surface area contributed by atoms with Gasteiger partial charge in [-0.2, -0.15) is 5.26 Å². The van der Waals surface area contributed by atoms with E-state index in [0.29, 0.717) is 5.69 Å². The summed E-state index contributed by atoms with van der Waals surface area (Å²) in [5.74, 6) is -0.631. The molecule has 1 rings (SSSR count). The molecule has 3 heteroatoms. The molecule has 1 aromatic rings. The summed E-state index contributed by atoms with van der Waals surface area (Å²) in [5, 5.41) is 10.8. The van der Waals surface area contributed by atoms with Gasteiger partial charge >= 0.3 is 5.91 Å². The van der Waals surface area contributed by atoms with Gasteiger partial charge in [0, 0.05) is 5.69 Å². The molecule has 0 saturated heterocycles. The molecule has 66 valence electrons. The van der Waals surface area contributed by atoms with E-state index in [-0.39, 0.29) is 0 Å². The summed E-state index contributed by atoms with van der Waals surface area (Å²) in [6.07, 6.45) is 0. The first-order valence-corrected chi connectivity index (χ1v) is 3.92. The lowest BCUT2D eigenvalue weighted by Crippen LogP contribution is -2.09. The number of hydrogen-bond donors (Lipinski definition) is 1. The molecule has 0 aliphatic rings. The average molecular weight is 174 g/mol. The zero-order valence-corrected chi connectivity index (χ0v) is 7.59. The molecule has 1 N–H and O–H groups in total. The van der Waals surface area contributed by atoms with E-state index in [4.69, 9.17) is 5.26 Å². The van der Waals surface area contributed by atoms with Crippen molar-refractivity contribution in [3.05, 3.63) is 29.3 Å². The highest BCUT2D eigenvalue weighted by Crippen LogP contribution is 2.15. The van der Waals surface area contributed by atoms with E-state index in [0.717, 1.165) is 11.1 Å². The van der Waals surface area contributed by atoms with Crippen molar-refractivity contribution < 1.29 is 4.79 Å². The summed E-state index contributed by atoms with van der Waals surface area (Å²) >= 11 is 0. The Morgan fingerprint density at radius 3 is 2.77 bits per heavy atom. The van der Waals surface area contributed by atoms with Gasteiger partial charge < -0.3 is 5.32 Å². The first-order chi connectivity index (χ1) is 6.13. The summed E-state index contributed by atoms with van der Waals surface area (Å²) in [7, 11) is 0. The van der Waals surface area contributed by atoms with Crippen LogP contribution in [0.1, 0.15) is 11.1 Å². The Hall–Kier alpha value is -1.82. The third-order valence-corrected chi connectivity index (χ3v) is 1.74. The Kier molecular flexibility index (Phi) is 2.65. The highest BCUT2D eigenvalue weighted by molar-refractivity contribution is 6.02. The molecule has 0 aromatic heterocycles. The average Bonchev–Trinajstić information content (AvgIpc) is 2.11. The zero-order valence-electron chi connectivity index (χ0n) is 7.59. The Bertz CT molecular complexity index is 377. The maximum atomic E-state index is 10.8. The summed E-state index contributed by atoms with van der Waals surface area (Å²) in [4.78, 5) is 10.8. The van der Waals surface area contributed by atoms with Gasteiger partial charge in [0.05, 0.1) is 0 Å². The minimum absolute atomic E-state index is 0.631. The third-order valence-electron chi connectivity index (χ3n) is 1.74. The van der Waals surface area contributed by atoms with Gasteiger partial charge in [-0.25, -0.2) is 0 Å². The van der Waals surface area contributed by atoms with Crippen LogP contribution in [0.3, 0.4) is 0 Å². The number of hydrogen-bond acceptors (Lipinski definition) is 2. The van der Waals surface area contributed by atoms with Gasteiger partial charge in [0.1, 0.15) is 0 Å². The number of nitrogens with one attached hydrogen (secondary N) is 1. The number of aryl methyl sites for hydroxylation is 2. The summed E-state index contributed by atoms with van der Waals surface area (Å²) in [6.45, 7) is 3.81. The van der Waals surface area contributed by atoms with Crippen LogP contribution in [0.25, 0.3) is 0 Å². The van der Waals surface area contributed by atoms with Crippen molar-refractivity contribution in [2.75, 3.05) is 5.32 Å². The number of amides is 1. The quantitative estimate of drug-likeness (QED) is 0.659. The van der Waals surface area contributed by atoms with Gasteiger partial charge in [-0.15, -0.1) is 0 Å². The van der Waals surface area contributed by atoms with Crippen molar-refractivity contribution in [2.24, 2.45) is 0 Å². The van der Waals surface area contributed by atoms with Crippen LogP contribution in [0.5, 0.6) is 0 Å². The Morgan fingerprint density at radius 1 is 1.46 bits per heavy atom. The van der Waals surface area contributed by atoms with E-state index in [1.54, 1.807) is 0 Å². The lowest BCUT2D eigenvalue weighted by atomic mass is 10.1. The molecule has 0 unspecified atom stereocenters. The number of nitrogens with zero attached hydrogens (tertiary/aromatic N) is 1. The molecule has 0 atom stereocenters. The molecule has 0 heterocycles. The molecule has 0 aliphatic carbocycles. The van der Waals surface area contributed by atoms with Gasteiger partial charge in [0.2, 0.25) is 0 Å². The van der Waals surface area contributed by atoms with Gasteiger partial charge in [-0.05, 0) is 31.0 Å². The van der Waals surface area contributed by atoms with Crippen molar-refractivity contribution in [1.29, 1.82) is 5.26 Å². The van der Waals surface area contributed by atoms with Crippen molar-refractivity contribution in [3.63, 3.8) is 0 Å². The van der Waals surface area contributed by atoms with E-state index in [1.807, 2.05) is 32.0 Å². The van der Waals surface area contributed by atoms with Crippen LogP contribution < -0.4 is 5.32 Å². The van der Waals surface area contributed by atoms with Crippen LogP contribution in [-0.4, -0.2) is 5.91 Å². The SMILES string of the molecule is Cc1ccc(C)c(NC(=O)C#N)c1. The molecule has 1 amide bonds. The molecule has 0 fully saturated rings. The van der Waals surface area contributed by atoms with Crippen molar-refractivity contribution >= 4 is 11.6 Å². The van der Waals surface area contributed by atoms with Gasteiger partial charge in [0.15, 0.2) is 6.07 Å². The van der Waals surface area contributed by atoms with Gasteiger partial charge in [0.25, 0.3) is 0 Å². The van der Waals surface area contributed by atoms with E-state index in [9.17, 15) is 4.79 Å². The molecule has 13 heavy (non-hydrogen) atoms. The second-order valence-electron chi connectivity index (χ2n) is 2.88. The molecule has 0 spiro atoms. The highest BCUT2D eigenvalue weighted by Gasteiger charge is 2.02. The molecule has 1 aromatic carbocycles. The lowest BCUT2D eigenvalue weighted by molar-refractivity contribution is -0.111. The van der Waals surface area contributed by atoms with Gasteiger partial charge in [-0.1, -0.05) is 12.1 Å². The molecule has 0 saturated carbocycles. The van der Waals surface area contributed by atoms with E-state index >= 15 is 0 Å². The van der Waals surface area contributed by atoms with Crippen LogP contribution in [0, 0.1) is 25.2 Å². The molecular weight excluding hydrogens is 164 g/mol. The Labute approximate surface area is 77.0 Å². The minimum atomic E-state index is -0.631. The Morgan fingerprint density at radius 2 is 2.15 bits per heavy atom. The number of nitriles is 1.